The van der Waals surface area contributed by atoms with Crippen LogP contribution in [-0.2, 0) is 14.4 Å². The number of ether oxygens (including phenoxy) is 3. The van der Waals surface area contributed by atoms with Crippen molar-refractivity contribution >= 4 is 76.0 Å². The van der Waals surface area contributed by atoms with Crippen LogP contribution >= 0.6 is 34.8 Å². The van der Waals surface area contributed by atoms with Crippen LogP contribution < -0.4 is 29.7 Å². The Morgan fingerprint density at radius 1 is 0.907 bits per heavy atom. The van der Waals surface area contributed by atoms with Gasteiger partial charge in [-0.15, -0.1) is 0 Å². The second-order valence-corrected chi connectivity index (χ2v) is 10.2. The quantitative estimate of drug-likeness (QED) is 0.180. The van der Waals surface area contributed by atoms with Crippen molar-refractivity contribution in [1.29, 1.82) is 0 Å². The fraction of sp³-hybridized carbons (Fsp3) is 0.200. The fourth-order valence-electron chi connectivity index (χ4n) is 3.98. The lowest BCUT2D eigenvalue weighted by Gasteiger charge is -2.27. The maximum absolute atomic E-state index is 13.4. The van der Waals surface area contributed by atoms with Crippen LogP contribution in [-0.4, -0.2) is 43.6 Å². The largest absolute Gasteiger partial charge is 0.490 e. The van der Waals surface area contributed by atoms with Gasteiger partial charge in [-0.2, -0.15) is 0 Å². The summed E-state index contributed by atoms with van der Waals surface area (Å²) in [5.41, 5.74) is 0.510. The van der Waals surface area contributed by atoms with Crippen LogP contribution in [0, 0.1) is 0 Å². The molecule has 0 unspecified atom stereocenters. The second kappa shape index (κ2) is 14.3. The number of urea groups is 1. The molecule has 1 aliphatic heterocycles. The van der Waals surface area contributed by atoms with E-state index in [2.05, 4.69) is 10.6 Å². The first kappa shape index (κ1) is 31.7. The number of barbiturate groups is 1. The van der Waals surface area contributed by atoms with Crippen molar-refractivity contribution in [3.05, 3.63) is 80.8 Å². The molecular weight excluding hydrogens is 621 g/mol. The summed E-state index contributed by atoms with van der Waals surface area (Å²) in [6.45, 7) is 4.10. The molecular formula is C30H26Cl3N3O7. The van der Waals surface area contributed by atoms with Crippen molar-refractivity contribution < 1.29 is 33.4 Å². The van der Waals surface area contributed by atoms with E-state index >= 15 is 0 Å². The zero-order chi connectivity index (χ0) is 31.1. The van der Waals surface area contributed by atoms with Gasteiger partial charge in [0.2, 0.25) is 0 Å². The van der Waals surface area contributed by atoms with Crippen molar-refractivity contribution in [2.24, 2.45) is 0 Å². The van der Waals surface area contributed by atoms with Gasteiger partial charge in [-0.05, 0) is 61.4 Å². The number of benzene rings is 3. The molecule has 3 aromatic rings. The van der Waals surface area contributed by atoms with Gasteiger partial charge in [0.05, 0.1) is 39.7 Å². The lowest BCUT2D eigenvalue weighted by molar-refractivity contribution is -0.122. The molecule has 0 spiro atoms. The van der Waals surface area contributed by atoms with Crippen LogP contribution in [0.15, 0.2) is 60.2 Å². The number of amides is 5. The van der Waals surface area contributed by atoms with Crippen molar-refractivity contribution in [3.8, 4) is 17.2 Å². The van der Waals surface area contributed by atoms with E-state index < -0.39 is 30.4 Å². The van der Waals surface area contributed by atoms with Crippen molar-refractivity contribution in [2.75, 3.05) is 30.0 Å². The van der Waals surface area contributed by atoms with E-state index in [1.54, 1.807) is 37.3 Å². The number of nitrogens with zero attached hydrogens (tertiary/aromatic N) is 1. The van der Waals surface area contributed by atoms with E-state index in [0.29, 0.717) is 35.4 Å². The van der Waals surface area contributed by atoms with Crippen molar-refractivity contribution in [3.63, 3.8) is 0 Å². The van der Waals surface area contributed by atoms with Gasteiger partial charge in [0, 0.05) is 6.07 Å². The number of hydrogen-bond donors (Lipinski definition) is 2. The molecule has 2 N–H and O–H groups in total. The minimum absolute atomic E-state index is 0.0184. The molecule has 1 saturated heterocycles. The summed E-state index contributed by atoms with van der Waals surface area (Å²) in [6.07, 6.45) is 2.02. The number of hydrogen-bond acceptors (Lipinski definition) is 7. The molecule has 5 amide bonds. The van der Waals surface area contributed by atoms with Crippen LogP contribution in [0.4, 0.5) is 16.2 Å². The van der Waals surface area contributed by atoms with Crippen LogP contribution in [0.2, 0.25) is 15.1 Å². The molecule has 224 valence electrons. The SMILES string of the molecule is CCCOc1ccc(N2C(=O)NC(=O)/C(=C\c3cc(Cl)c(OCC(=O)Nc4ccccc4Cl)c(Cl)c3)C2=O)cc1OCC. The molecule has 1 fully saturated rings. The van der Waals surface area contributed by atoms with E-state index in [4.69, 9.17) is 49.0 Å². The Kier molecular flexibility index (Phi) is 10.5. The highest BCUT2D eigenvalue weighted by Crippen LogP contribution is 2.36. The van der Waals surface area contributed by atoms with Crippen molar-refractivity contribution in [1.82, 2.24) is 5.32 Å². The molecule has 1 heterocycles. The van der Waals surface area contributed by atoms with E-state index in [1.165, 1.54) is 30.3 Å². The third-order valence-corrected chi connectivity index (χ3v) is 6.77. The predicted molar refractivity (Wildman–Crippen MR) is 164 cm³/mol. The summed E-state index contributed by atoms with van der Waals surface area (Å²) in [6, 6.07) is 13.2. The van der Waals surface area contributed by atoms with Gasteiger partial charge in [-0.25, -0.2) is 9.69 Å². The molecule has 1 aliphatic rings. The van der Waals surface area contributed by atoms with E-state index in [-0.39, 0.29) is 32.6 Å². The molecule has 0 bridgehead atoms. The number of imide groups is 2. The highest BCUT2D eigenvalue weighted by Gasteiger charge is 2.37. The van der Waals surface area contributed by atoms with Gasteiger partial charge in [-0.1, -0.05) is 53.9 Å². The standard InChI is InChI=1S/C30H26Cl3N3O7/c1-3-11-42-24-10-9-18(15-25(24)41-4-2)36-29(39)19(28(38)35-30(36)40)12-17-13-21(32)27(22(33)14-17)43-16-26(37)34-23-8-6-5-7-20(23)31/h5-10,12-15H,3-4,11,16H2,1-2H3,(H,34,37)(H,35,38,40)/b19-12+. The topological polar surface area (TPSA) is 123 Å². The molecule has 13 heteroatoms. The average molecular weight is 647 g/mol. The van der Waals surface area contributed by atoms with E-state index in [0.717, 1.165) is 11.3 Å². The van der Waals surface area contributed by atoms with Crippen LogP contribution in [0.1, 0.15) is 25.8 Å². The fourth-order valence-corrected chi connectivity index (χ4v) is 4.78. The summed E-state index contributed by atoms with van der Waals surface area (Å²) in [5.74, 6) is -1.46. The second-order valence-electron chi connectivity index (χ2n) is 9.00. The number of halogens is 3. The molecule has 0 atom stereocenters. The zero-order valence-electron chi connectivity index (χ0n) is 23.0. The van der Waals surface area contributed by atoms with Gasteiger partial charge in [0.1, 0.15) is 5.57 Å². The Hall–Kier alpha value is -4.25. The summed E-state index contributed by atoms with van der Waals surface area (Å²) in [4.78, 5) is 52.0. The first-order chi connectivity index (χ1) is 20.6. The molecule has 0 aliphatic carbocycles. The van der Waals surface area contributed by atoms with Gasteiger partial charge >= 0.3 is 6.03 Å². The third-order valence-electron chi connectivity index (χ3n) is 5.88. The van der Waals surface area contributed by atoms with Crippen LogP contribution in [0.5, 0.6) is 17.2 Å². The maximum Gasteiger partial charge on any atom is 0.335 e. The normalized spacial score (nSPS) is 14.0. The molecule has 43 heavy (non-hydrogen) atoms. The van der Waals surface area contributed by atoms with Crippen LogP contribution in [0.25, 0.3) is 6.08 Å². The molecule has 0 aromatic heterocycles. The molecule has 4 rings (SSSR count). The van der Waals surface area contributed by atoms with Gasteiger partial charge in [-0.3, -0.25) is 19.7 Å². The van der Waals surface area contributed by atoms with Crippen molar-refractivity contribution in [2.45, 2.75) is 20.3 Å². The first-order valence-electron chi connectivity index (χ1n) is 13.1. The first-order valence-corrected chi connectivity index (χ1v) is 14.2. The lowest BCUT2D eigenvalue weighted by atomic mass is 10.1. The minimum Gasteiger partial charge on any atom is -0.490 e. The number of nitrogens with one attached hydrogen (secondary N) is 2. The molecule has 0 saturated carbocycles. The molecule has 10 nitrogen and oxygen atoms in total. The van der Waals surface area contributed by atoms with Gasteiger partial charge < -0.3 is 19.5 Å². The monoisotopic (exact) mass is 645 g/mol. The number of anilines is 2. The molecule has 3 aromatic carbocycles. The smallest absolute Gasteiger partial charge is 0.335 e. The zero-order valence-corrected chi connectivity index (χ0v) is 25.3. The van der Waals surface area contributed by atoms with Gasteiger partial charge in [0.15, 0.2) is 23.9 Å². The summed E-state index contributed by atoms with van der Waals surface area (Å²) in [7, 11) is 0. The Labute approximate surface area is 262 Å². The Morgan fingerprint density at radius 3 is 2.30 bits per heavy atom. The highest BCUT2D eigenvalue weighted by molar-refractivity contribution is 6.40. The summed E-state index contributed by atoms with van der Waals surface area (Å²) >= 11 is 18.8. The minimum atomic E-state index is -0.924. The highest BCUT2D eigenvalue weighted by atomic mass is 35.5. The average Bonchev–Trinajstić information content (AvgIpc) is 2.95. The Morgan fingerprint density at radius 2 is 1.63 bits per heavy atom. The summed E-state index contributed by atoms with van der Waals surface area (Å²) < 4.78 is 16.8. The van der Waals surface area contributed by atoms with Crippen LogP contribution in [0.3, 0.4) is 0 Å². The Bertz CT molecular complexity index is 1590. The number of rotatable bonds is 11. The number of carbonyl (C=O) groups excluding carboxylic acids is 4. The number of para-hydroxylation sites is 1. The lowest BCUT2D eigenvalue weighted by Crippen LogP contribution is -2.54. The van der Waals surface area contributed by atoms with E-state index in [9.17, 15) is 19.2 Å². The molecule has 0 radical (unpaired) electrons. The third kappa shape index (κ3) is 7.59. The Balaban J connectivity index is 1.55. The summed E-state index contributed by atoms with van der Waals surface area (Å²) in [5, 5.41) is 5.18. The predicted octanol–water partition coefficient (Wildman–Crippen LogP) is 6.52. The van der Waals surface area contributed by atoms with Gasteiger partial charge in [0.25, 0.3) is 17.7 Å². The van der Waals surface area contributed by atoms with E-state index in [1.807, 2.05) is 6.92 Å². The maximum atomic E-state index is 13.4. The number of carbonyl (C=O) groups is 4.